The molecule has 2 nitrogen and oxygen atoms in total. The Morgan fingerprint density at radius 3 is 2.85 bits per heavy atom. The molecule has 0 spiro atoms. The van der Waals surface area contributed by atoms with Crippen LogP contribution in [0.15, 0.2) is 22.7 Å². The number of hydrogen-bond donors (Lipinski definition) is 0. The largest absolute Gasteiger partial charge is 0.494 e. The highest BCUT2D eigenvalue weighted by atomic mass is 79.9. The molecule has 1 rings (SSSR count). The first kappa shape index (κ1) is 10.1. The second-order valence-electron chi connectivity index (χ2n) is 2.56. The van der Waals surface area contributed by atoms with Gasteiger partial charge < -0.3 is 4.74 Å². The van der Waals surface area contributed by atoms with E-state index in [2.05, 4.69) is 22.0 Å². The van der Waals surface area contributed by atoms with Crippen molar-refractivity contribution in [3.8, 4) is 11.8 Å². The van der Waals surface area contributed by atoms with Crippen LogP contribution in [0.5, 0.6) is 5.75 Å². The zero-order valence-electron chi connectivity index (χ0n) is 7.38. The number of rotatable bonds is 3. The number of benzene rings is 1. The van der Waals surface area contributed by atoms with E-state index in [1.807, 2.05) is 25.1 Å². The molecule has 1 aromatic carbocycles. The number of nitriles is 1. The van der Waals surface area contributed by atoms with Gasteiger partial charge in [0.25, 0.3) is 0 Å². The van der Waals surface area contributed by atoms with Crippen molar-refractivity contribution in [3.63, 3.8) is 0 Å². The zero-order valence-corrected chi connectivity index (χ0v) is 8.97. The lowest BCUT2D eigenvalue weighted by Gasteiger charge is -2.05. The fourth-order valence-corrected chi connectivity index (χ4v) is 1.58. The molecule has 1 aromatic rings. The molecule has 0 saturated heterocycles. The zero-order chi connectivity index (χ0) is 9.68. The van der Waals surface area contributed by atoms with Crippen molar-refractivity contribution in [1.29, 1.82) is 5.26 Å². The molecule has 0 atom stereocenters. The van der Waals surface area contributed by atoms with E-state index < -0.39 is 0 Å². The third-order valence-corrected chi connectivity index (χ3v) is 1.98. The van der Waals surface area contributed by atoms with Crippen LogP contribution in [0.25, 0.3) is 0 Å². The molecule has 68 valence electrons. The third kappa shape index (κ3) is 3.08. The minimum absolute atomic E-state index is 0.416. The van der Waals surface area contributed by atoms with Crippen molar-refractivity contribution in [1.82, 2.24) is 0 Å². The van der Waals surface area contributed by atoms with Crippen molar-refractivity contribution < 1.29 is 4.74 Å². The predicted molar refractivity (Wildman–Crippen MR) is 54.6 cm³/mol. The quantitative estimate of drug-likeness (QED) is 0.813. The highest BCUT2D eigenvalue weighted by Crippen LogP contribution is 2.21. The Hall–Kier alpha value is -1.01. The first-order valence-electron chi connectivity index (χ1n) is 4.05. The summed E-state index contributed by atoms with van der Waals surface area (Å²) in [7, 11) is 0. The second-order valence-corrected chi connectivity index (χ2v) is 3.48. The normalized spacial score (nSPS) is 9.31. The van der Waals surface area contributed by atoms with Crippen molar-refractivity contribution in [3.05, 3.63) is 28.2 Å². The van der Waals surface area contributed by atoms with Gasteiger partial charge in [-0.2, -0.15) is 5.26 Å². The summed E-state index contributed by atoms with van der Waals surface area (Å²) in [6.45, 7) is 2.58. The molecule has 0 bridgehead atoms. The first-order valence-corrected chi connectivity index (χ1v) is 4.84. The standard InChI is InChI=1S/C10H10BrNO/c1-2-13-10-6-8(3-4-12)5-9(11)7-10/h5-7H,2-3H2,1H3. The lowest BCUT2D eigenvalue weighted by atomic mass is 10.1. The number of nitrogens with zero attached hydrogens (tertiary/aromatic N) is 1. The van der Waals surface area contributed by atoms with Gasteiger partial charge >= 0.3 is 0 Å². The smallest absolute Gasteiger partial charge is 0.120 e. The Morgan fingerprint density at radius 1 is 1.46 bits per heavy atom. The van der Waals surface area contributed by atoms with Gasteiger partial charge in [-0.15, -0.1) is 0 Å². The van der Waals surface area contributed by atoms with Crippen molar-refractivity contribution in [2.24, 2.45) is 0 Å². The number of halogens is 1. The van der Waals surface area contributed by atoms with Crippen LogP contribution in [-0.4, -0.2) is 6.61 Å². The van der Waals surface area contributed by atoms with Crippen LogP contribution in [0.2, 0.25) is 0 Å². The summed E-state index contributed by atoms with van der Waals surface area (Å²) in [4.78, 5) is 0. The van der Waals surface area contributed by atoms with Crippen LogP contribution >= 0.6 is 15.9 Å². The molecule has 0 aliphatic heterocycles. The summed E-state index contributed by atoms with van der Waals surface area (Å²) in [5.41, 5.74) is 0.973. The van der Waals surface area contributed by atoms with Crippen LogP contribution in [0.3, 0.4) is 0 Å². The Balaban J connectivity index is 2.91. The fraction of sp³-hybridized carbons (Fsp3) is 0.300. The first-order chi connectivity index (χ1) is 6.26. The summed E-state index contributed by atoms with van der Waals surface area (Å²) < 4.78 is 6.28. The maximum atomic E-state index is 8.53. The number of ether oxygens (including phenoxy) is 1. The van der Waals surface area contributed by atoms with Gasteiger partial charge in [-0.3, -0.25) is 0 Å². The van der Waals surface area contributed by atoms with Crippen LogP contribution in [0, 0.1) is 11.3 Å². The maximum absolute atomic E-state index is 8.53. The summed E-state index contributed by atoms with van der Waals surface area (Å²) in [5.74, 6) is 0.808. The molecule has 0 saturated carbocycles. The Kier molecular flexibility index (Phi) is 3.78. The van der Waals surface area contributed by atoms with E-state index in [1.165, 1.54) is 0 Å². The number of hydrogen-bond acceptors (Lipinski definition) is 2. The van der Waals surface area contributed by atoms with Gasteiger partial charge in [-0.05, 0) is 30.7 Å². The monoisotopic (exact) mass is 239 g/mol. The van der Waals surface area contributed by atoms with E-state index in [0.29, 0.717) is 13.0 Å². The Bertz CT molecular complexity index is 330. The molecule has 0 aliphatic carbocycles. The molecule has 0 amide bonds. The van der Waals surface area contributed by atoms with Gasteiger partial charge in [-0.1, -0.05) is 15.9 Å². The predicted octanol–water partition coefficient (Wildman–Crippen LogP) is 2.91. The van der Waals surface area contributed by atoms with Gasteiger partial charge in [0.05, 0.1) is 19.1 Å². The molecule has 13 heavy (non-hydrogen) atoms. The van der Waals surface area contributed by atoms with Crippen molar-refractivity contribution in [2.75, 3.05) is 6.61 Å². The summed E-state index contributed by atoms with van der Waals surface area (Å²) in [6.07, 6.45) is 0.416. The SMILES string of the molecule is CCOc1cc(Br)cc(CC#N)c1. The van der Waals surface area contributed by atoms with E-state index >= 15 is 0 Å². The van der Waals surface area contributed by atoms with Crippen molar-refractivity contribution >= 4 is 15.9 Å². The third-order valence-electron chi connectivity index (χ3n) is 1.53. The average Bonchev–Trinajstić information content (AvgIpc) is 2.04. The summed E-state index contributed by atoms with van der Waals surface area (Å²) in [5, 5.41) is 8.53. The van der Waals surface area contributed by atoms with Crippen molar-refractivity contribution in [2.45, 2.75) is 13.3 Å². The van der Waals surface area contributed by atoms with E-state index in [4.69, 9.17) is 10.00 Å². The van der Waals surface area contributed by atoms with E-state index in [9.17, 15) is 0 Å². The molecule has 0 radical (unpaired) electrons. The summed E-state index contributed by atoms with van der Waals surface area (Å²) in [6, 6.07) is 7.81. The molecule has 0 fully saturated rings. The van der Waals surface area contributed by atoms with E-state index in [0.717, 1.165) is 15.8 Å². The fourth-order valence-electron chi connectivity index (χ4n) is 1.06. The molecule has 0 heterocycles. The van der Waals surface area contributed by atoms with Gasteiger partial charge in [-0.25, -0.2) is 0 Å². The lowest BCUT2D eigenvalue weighted by Crippen LogP contribution is -1.92. The summed E-state index contributed by atoms with van der Waals surface area (Å²) >= 11 is 3.36. The minimum atomic E-state index is 0.416. The average molecular weight is 240 g/mol. The van der Waals surface area contributed by atoms with Crippen LogP contribution in [0.1, 0.15) is 12.5 Å². The van der Waals surface area contributed by atoms with Gasteiger partial charge in [0.2, 0.25) is 0 Å². The molecule has 0 aliphatic rings. The highest BCUT2D eigenvalue weighted by molar-refractivity contribution is 9.10. The van der Waals surface area contributed by atoms with Gasteiger partial charge in [0, 0.05) is 4.47 Å². The molecular weight excluding hydrogens is 230 g/mol. The van der Waals surface area contributed by atoms with E-state index in [-0.39, 0.29) is 0 Å². The highest BCUT2D eigenvalue weighted by Gasteiger charge is 1.99. The lowest BCUT2D eigenvalue weighted by molar-refractivity contribution is 0.340. The van der Waals surface area contributed by atoms with E-state index in [1.54, 1.807) is 0 Å². The second kappa shape index (κ2) is 4.88. The topological polar surface area (TPSA) is 33.0 Å². The van der Waals surface area contributed by atoms with Gasteiger partial charge in [0.1, 0.15) is 5.75 Å². The Labute approximate surface area is 86.3 Å². The molecule has 0 aromatic heterocycles. The molecule has 0 unspecified atom stereocenters. The van der Waals surface area contributed by atoms with Crippen LogP contribution in [0.4, 0.5) is 0 Å². The Morgan fingerprint density at radius 2 is 2.23 bits per heavy atom. The van der Waals surface area contributed by atoms with Crippen LogP contribution in [-0.2, 0) is 6.42 Å². The van der Waals surface area contributed by atoms with Gasteiger partial charge in [0.15, 0.2) is 0 Å². The molecular formula is C10H10BrNO. The molecule has 3 heteroatoms. The molecule has 0 N–H and O–H groups in total. The maximum Gasteiger partial charge on any atom is 0.120 e. The minimum Gasteiger partial charge on any atom is -0.494 e. The van der Waals surface area contributed by atoms with Crippen LogP contribution < -0.4 is 4.74 Å².